The van der Waals surface area contributed by atoms with Crippen LogP contribution in [0.3, 0.4) is 0 Å². The Hall–Kier alpha value is 0.0900. The van der Waals surface area contributed by atoms with Crippen molar-refractivity contribution in [2.24, 2.45) is 5.92 Å². The summed E-state index contributed by atoms with van der Waals surface area (Å²) in [5, 5.41) is 4.45. The van der Waals surface area contributed by atoms with Crippen molar-refractivity contribution in [1.82, 2.24) is 14.7 Å². The van der Waals surface area contributed by atoms with Gasteiger partial charge in [0.05, 0.1) is 6.67 Å². The van der Waals surface area contributed by atoms with Gasteiger partial charge >= 0.3 is 0 Å². The SMILES string of the molecule is CSc1nn(CN(C)CC2CC2)c(=S)s1. The zero-order chi connectivity index (χ0) is 10.8. The van der Waals surface area contributed by atoms with E-state index in [4.69, 9.17) is 12.2 Å². The Morgan fingerprint density at radius 3 is 2.93 bits per heavy atom. The second kappa shape index (κ2) is 4.95. The van der Waals surface area contributed by atoms with Crippen LogP contribution in [-0.2, 0) is 6.67 Å². The lowest BCUT2D eigenvalue weighted by molar-refractivity contribution is 0.242. The Morgan fingerprint density at radius 1 is 1.67 bits per heavy atom. The molecule has 0 bridgehead atoms. The standard InChI is InChI=1S/C9H15N3S3/c1-11(5-7-3-4-7)6-12-9(13)15-8(10-12)14-2/h7H,3-6H2,1-2H3. The third-order valence-electron chi connectivity index (χ3n) is 2.40. The molecule has 2 rings (SSSR count). The molecule has 0 amide bonds. The maximum absolute atomic E-state index is 5.27. The van der Waals surface area contributed by atoms with Gasteiger partial charge in [-0.2, -0.15) is 5.10 Å². The fourth-order valence-electron chi connectivity index (χ4n) is 1.49. The van der Waals surface area contributed by atoms with E-state index < -0.39 is 0 Å². The minimum Gasteiger partial charge on any atom is -0.287 e. The van der Waals surface area contributed by atoms with Crippen molar-refractivity contribution in [2.75, 3.05) is 19.8 Å². The van der Waals surface area contributed by atoms with Gasteiger partial charge in [0.15, 0.2) is 8.29 Å². The maximum atomic E-state index is 5.27. The largest absolute Gasteiger partial charge is 0.287 e. The molecule has 0 saturated heterocycles. The number of thioether (sulfide) groups is 1. The Kier molecular flexibility index (Phi) is 3.82. The molecule has 1 saturated carbocycles. The molecule has 0 aliphatic heterocycles. The second-order valence-electron chi connectivity index (χ2n) is 3.96. The van der Waals surface area contributed by atoms with Crippen LogP contribution in [0.4, 0.5) is 0 Å². The zero-order valence-electron chi connectivity index (χ0n) is 8.97. The molecule has 0 aromatic carbocycles. The molecule has 3 nitrogen and oxygen atoms in total. The van der Waals surface area contributed by atoms with Crippen LogP contribution in [0.5, 0.6) is 0 Å². The molecular weight excluding hydrogens is 246 g/mol. The average Bonchev–Trinajstić information content (AvgIpc) is 2.92. The summed E-state index contributed by atoms with van der Waals surface area (Å²) >= 11 is 8.52. The van der Waals surface area contributed by atoms with E-state index in [1.807, 2.05) is 10.9 Å². The fourth-order valence-corrected chi connectivity index (χ4v) is 3.22. The van der Waals surface area contributed by atoms with Crippen molar-refractivity contribution in [1.29, 1.82) is 0 Å². The van der Waals surface area contributed by atoms with Gasteiger partial charge in [-0.15, -0.1) is 0 Å². The summed E-state index contributed by atoms with van der Waals surface area (Å²) in [7, 11) is 2.14. The number of hydrogen-bond donors (Lipinski definition) is 0. The first-order chi connectivity index (χ1) is 7.19. The minimum atomic E-state index is 0.826. The molecule has 0 radical (unpaired) electrons. The Morgan fingerprint density at radius 2 is 2.40 bits per heavy atom. The summed E-state index contributed by atoms with van der Waals surface area (Å²) in [6, 6.07) is 0. The molecule has 0 atom stereocenters. The highest BCUT2D eigenvalue weighted by molar-refractivity contribution is 8.00. The van der Waals surface area contributed by atoms with Crippen LogP contribution in [0.15, 0.2) is 4.34 Å². The molecule has 15 heavy (non-hydrogen) atoms. The molecule has 1 aromatic heterocycles. The predicted molar refractivity (Wildman–Crippen MR) is 68.1 cm³/mol. The number of aromatic nitrogens is 2. The van der Waals surface area contributed by atoms with Crippen LogP contribution >= 0.6 is 35.3 Å². The van der Waals surface area contributed by atoms with Gasteiger partial charge in [0.2, 0.25) is 0 Å². The lowest BCUT2D eigenvalue weighted by Gasteiger charge is -2.15. The quantitative estimate of drug-likeness (QED) is 0.600. The number of nitrogens with zero attached hydrogens (tertiary/aromatic N) is 3. The van der Waals surface area contributed by atoms with Crippen LogP contribution in [-0.4, -0.2) is 34.5 Å². The topological polar surface area (TPSA) is 21.1 Å². The molecule has 84 valence electrons. The van der Waals surface area contributed by atoms with Gasteiger partial charge in [-0.25, -0.2) is 4.68 Å². The highest BCUT2D eigenvalue weighted by Gasteiger charge is 2.22. The van der Waals surface area contributed by atoms with E-state index in [2.05, 4.69) is 17.0 Å². The van der Waals surface area contributed by atoms with Crippen LogP contribution in [0, 0.1) is 9.87 Å². The van der Waals surface area contributed by atoms with Gasteiger partial charge in [-0.3, -0.25) is 4.90 Å². The highest BCUT2D eigenvalue weighted by atomic mass is 32.2. The molecule has 1 heterocycles. The van der Waals surface area contributed by atoms with Crippen molar-refractivity contribution >= 4 is 35.3 Å². The van der Waals surface area contributed by atoms with E-state index in [9.17, 15) is 0 Å². The summed E-state index contributed by atoms with van der Waals surface area (Å²) in [6.07, 6.45) is 4.82. The number of rotatable bonds is 5. The van der Waals surface area contributed by atoms with Crippen molar-refractivity contribution in [3.63, 3.8) is 0 Å². The molecule has 0 N–H and O–H groups in total. The maximum Gasteiger partial charge on any atom is 0.181 e. The lowest BCUT2D eigenvalue weighted by Crippen LogP contribution is -2.24. The van der Waals surface area contributed by atoms with Crippen molar-refractivity contribution < 1.29 is 0 Å². The van der Waals surface area contributed by atoms with E-state index >= 15 is 0 Å². The Balaban J connectivity index is 1.95. The number of hydrogen-bond acceptors (Lipinski definition) is 5. The molecule has 1 aromatic rings. The summed E-state index contributed by atoms with van der Waals surface area (Å²) in [5.74, 6) is 0.919. The first kappa shape index (κ1) is 11.6. The van der Waals surface area contributed by atoms with Gasteiger partial charge in [0.1, 0.15) is 0 Å². The zero-order valence-corrected chi connectivity index (χ0v) is 11.4. The molecule has 6 heteroatoms. The molecule has 1 fully saturated rings. The predicted octanol–water partition coefficient (Wildman–Crippen LogP) is 2.70. The van der Waals surface area contributed by atoms with Gasteiger partial charge < -0.3 is 0 Å². The van der Waals surface area contributed by atoms with E-state index in [1.165, 1.54) is 19.4 Å². The molecule has 1 aliphatic rings. The van der Waals surface area contributed by atoms with Crippen LogP contribution in [0.2, 0.25) is 0 Å². The first-order valence-corrected chi connectivity index (χ1v) is 7.44. The first-order valence-electron chi connectivity index (χ1n) is 4.99. The third kappa shape index (κ3) is 3.27. The second-order valence-corrected chi connectivity index (χ2v) is 6.64. The molecule has 0 unspecified atom stereocenters. The van der Waals surface area contributed by atoms with Gasteiger partial charge in [0.25, 0.3) is 0 Å². The minimum absolute atomic E-state index is 0.826. The van der Waals surface area contributed by atoms with E-state index in [0.717, 1.165) is 20.9 Å². The Labute approximate surface area is 103 Å². The van der Waals surface area contributed by atoms with Crippen LogP contribution < -0.4 is 0 Å². The van der Waals surface area contributed by atoms with Gasteiger partial charge in [-0.05, 0) is 44.3 Å². The smallest absolute Gasteiger partial charge is 0.181 e. The fraction of sp³-hybridized carbons (Fsp3) is 0.778. The van der Waals surface area contributed by atoms with E-state index in [1.54, 1.807) is 23.1 Å². The summed E-state index contributed by atoms with van der Waals surface area (Å²) in [4.78, 5) is 2.30. The monoisotopic (exact) mass is 261 g/mol. The van der Waals surface area contributed by atoms with E-state index in [0.29, 0.717) is 0 Å². The van der Waals surface area contributed by atoms with Crippen molar-refractivity contribution in [2.45, 2.75) is 23.8 Å². The molecule has 1 aliphatic carbocycles. The highest BCUT2D eigenvalue weighted by Crippen LogP contribution is 2.29. The summed E-state index contributed by atoms with van der Waals surface area (Å²) in [6.45, 7) is 2.00. The van der Waals surface area contributed by atoms with Crippen LogP contribution in [0.25, 0.3) is 0 Å². The third-order valence-corrected chi connectivity index (χ3v) is 4.69. The molecule has 0 spiro atoms. The lowest BCUT2D eigenvalue weighted by atomic mass is 10.4. The molecular formula is C9H15N3S3. The van der Waals surface area contributed by atoms with Gasteiger partial charge in [0, 0.05) is 6.54 Å². The normalized spacial score (nSPS) is 16.2. The van der Waals surface area contributed by atoms with Crippen LogP contribution in [0.1, 0.15) is 12.8 Å². The summed E-state index contributed by atoms with van der Waals surface area (Å²) in [5.41, 5.74) is 0. The van der Waals surface area contributed by atoms with Gasteiger partial charge in [-0.1, -0.05) is 23.1 Å². The van der Waals surface area contributed by atoms with Crippen molar-refractivity contribution in [3.05, 3.63) is 3.95 Å². The van der Waals surface area contributed by atoms with Crippen molar-refractivity contribution in [3.8, 4) is 0 Å². The average molecular weight is 261 g/mol. The Bertz CT molecular complexity index is 380. The summed E-state index contributed by atoms with van der Waals surface area (Å²) < 4.78 is 3.86. The van der Waals surface area contributed by atoms with E-state index in [-0.39, 0.29) is 0 Å².